The summed E-state index contributed by atoms with van der Waals surface area (Å²) in [5.74, 6) is 0.218. The molecule has 1 fully saturated rings. The summed E-state index contributed by atoms with van der Waals surface area (Å²) in [6, 6.07) is 9.74. The van der Waals surface area contributed by atoms with Gasteiger partial charge in [-0.25, -0.2) is 4.68 Å². The molecule has 2 aromatic rings. The summed E-state index contributed by atoms with van der Waals surface area (Å²) >= 11 is 0. The number of nitrogens with zero attached hydrogens (tertiary/aromatic N) is 4. The van der Waals surface area contributed by atoms with Gasteiger partial charge in [0.05, 0.1) is 12.3 Å². The zero-order valence-electron chi connectivity index (χ0n) is 12.6. The van der Waals surface area contributed by atoms with Crippen molar-refractivity contribution in [3.8, 4) is 11.3 Å². The van der Waals surface area contributed by atoms with Crippen molar-refractivity contribution in [3.05, 3.63) is 36.5 Å². The minimum atomic E-state index is -0.437. The molecule has 1 amide bonds. The fourth-order valence-electron chi connectivity index (χ4n) is 2.63. The number of hydrogen-bond acceptors (Lipinski definition) is 4. The van der Waals surface area contributed by atoms with Gasteiger partial charge in [-0.1, -0.05) is 42.5 Å². The molecule has 2 atom stereocenters. The standard InChI is InChI=1S/C16H20N4O2/c1-12-7-8-19(10-15(12)21)16(22)11-20-9-14(17-18-20)13-5-3-2-4-6-13/h2-6,9,12,15,21H,7-8,10-11H2,1H3. The number of benzene rings is 1. The Morgan fingerprint density at radius 3 is 2.86 bits per heavy atom. The minimum absolute atomic E-state index is 0.0320. The largest absolute Gasteiger partial charge is 0.391 e. The Kier molecular flexibility index (Phi) is 4.20. The third kappa shape index (κ3) is 3.17. The van der Waals surface area contributed by atoms with E-state index in [4.69, 9.17) is 0 Å². The van der Waals surface area contributed by atoms with Gasteiger partial charge in [0.25, 0.3) is 0 Å². The second kappa shape index (κ2) is 6.27. The summed E-state index contributed by atoms with van der Waals surface area (Å²) in [6.07, 6.45) is 2.17. The molecular formula is C16H20N4O2. The van der Waals surface area contributed by atoms with E-state index in [1.54, 1.807) is 15.8 Å². The van der Waals surface area contributed by atoms with Crippen molar-refractivity contribution in [2.24, 2.45) is 5.92 Å². The van der Waals surface area contributed by atoms with Crippen LogP contribution in [0.2, 0.25) is 0 Å². The normalized spacial score (nSPS) is 21.8. The molecule has 6 nitrogen and oxygen atoms in total. The number of rotatable bonds is 3. The van der Waals surface area contributed by atoms with E-state index in [2.05, 4.69) is 10.3 Å². The maximum Gasteiger partial charge on any atom is 0.244 e. The fraction of sp³-hybridized carbons (Fsp3) is 0.438. The lowest BCUT2D eigenvalue weighted by Gasteiger charge is -2.34. The smallest absolute Gasteiger partial charge is 0.244 e. The molecule has 0 bridgehead atoms. The van der Waals surface area contributed by atoms with Gasteiger partial charge < -0.3 is 10.0 Å². The van der Waals surface area contributed by atoms with E-state index in [-0.39, 0.29) is 18.4 Å². The Morgan fingerprint density at radius 1 is 1.36 bits per heavy atom. The van der Waals surface area contributed by atoms with Gasteiger partial charge in [0.2, 0.25) is 5.91 Å². The number of β-amino-alcohol motifs (C(OH)–C–C–N with tert-alkyl or cyclic N) is 1. The van der Waals surface area contributed by atoms with Crippen LogP contribution in [0.1, 0.15) is 13.3 Å². The Bertz CT molecular complexity index is 641. The predicted molar refractivity (Wildman–Crippen MR) is 81.8 cm³/mol. The number of hydrogen-bond donors (Lipinski definition) is 1. The van der Waals surface area contributed by atoms with Crippen molar-refractivity contribution in [1.82, 2.24) is 19.9 Å². The molecule has 1 aliphatic heterocycles. The summed E-state index contributed by atoms with van der Waals surface area (Å²) in [5.41, 5.74) is 1.73. The van der Waals surface area contributed by atoms with Crippen molar-refractivity contribution in [2.45, 2.75) is 26.0 Å². The van der Waals surface area contributed by atoms with Gasteiger partial charge in [-0.15, -0.1) is 5.10 Å². The first-order valence-electron chi connectivity index (χ1n) is 7.55. The van der Waals surface area contributed by atoms with E-state index < -0.39 is 6.10 Å². The monoisotopic (exact) mass is 300 g/mol. The number of piperidine rings is 1. The Hall–Kier alpha value is -2.21. The van der Waals surface area contributed by atoms with Gasteiger partial charge in [-0.05, 0) is 12.3 Å². The highest BCUT2D eigenvalue weighted by Gasteiger charge is 2.27. The van der Waals surface area contributed by atoms with Gasteiger partial charge in [0, 0.05) is 18.7 Å². The number of aliphatic hydroxyl groups excluding tert-OH is 1. The summed E-state index contributed by atoms with van der Waals surface area (Å²) in [6.45, 7) is 3.26. The van der Waals surface area contributed by atoms with Crippen LogP contribution in [0.15, 0.2) is 36.5 Å². The van der Waals surface area contributed by atoms with E-state index in [0.717, 1.165) is 17.7 Å². The molecule has 1 N–H and O–H groups in total. The molecule has 1 saturated heterocycles. The number of aromatic nitrogens is 3. The lowest BCUT2D eigenvalue weighted by atomic mass is 9.96. The van der Waals surface area contributed by atoms with Crippen molar-refractivity contribution in [2.75, 3.05) is 13.1 Å². The summed E-state index contributed by atoms with van der Waals surface area (Å²) in [7, 11) is 0. The molecule has 1 aliphatic rings. The highest BCUT2D eigenvalue weighted by Crippen LogP contribution is 2.18. The average Bonchev–Trinajstić information content (AvgIpc) is 2.99. The number of amides is 1. The first-order valence-corrected chi connectivity index (χ1v) is 7.55. The van der Waals surface area contributed by atoms with Gasteiger partial charge in [-0.2, -0.15) is 0 Å². The molecule has 2 heterocycles. The van der Waals surface area contributed by atoms with E-state index in [1.165, 1.54) is 0 Å². The van der Waals surface area contributed by atoms with Crippen LogP contribution in [0.25, 0.3) is 11.3 Å². The SMILES string of the molecule is CC1CCN(C(=O)Cn2cc(-c3ccccc3)nn2)CC1O. The zero-order chi connectivity index (χ0) is 15.5. The molecular weight excluding hydrogens is 280 g/mol. The minimum Gasteiger partial charge on any atom is -0.391 e. The van der Waals surface area contributed by atoms with Crippen LogP contribution in [0.4, 0.5) is 0 Å². The van der Waals surface area contributed by atoms with Crippen molar-refractivity contribution < 1.29 is 9.90 Å². The lowest BCUT2D eigenvalue weighted by molar-refractivity contribution is -0.136. The van der Waals surface area contributed by atoms with Crippen molar-refractivity contribution >= 4 is 5.91 Å². The lowest BCUT2D eigenvalue weighted by Crippen LogP contribution is -2.46. The van der Waals surface area contributed by atoms with Crippen LogP contribution in [0.5, 0.6) is 0 Å². The Labute approximate surface area is 129 Å². The highest BCUT2D eigenvalue weighted by molar-refractivity contribution is 5.76. The maximum atomic E-state index is 12.3. The van der Waals surface area contributed by atoms with Crippen molar-refractivity contribution in [3.63, 3.8) is 0 Å². The maximum absolute atomic E-state index is 12.3. The molecule has 0 radical (unpaired) electrons. The molecule has 6 heteroatoms. The van der Waals surface area contributed by atoms with Crippen LogP contribution in [0.3, 0.4) is 0 Å². The first-order chi connectivity index (χ1) is 10.6. The van der Waals surface area contributed by atoms with Crippen LogP contribution >= 0.6 is 0 Å². The van der Waals surface area contributed by atoms with Crippen LogP contribution in [-0.4, -0.2) is 50.1 Å². The van der Waals surface area contributed by atoms with Gasteiger partial charge in [-0.3, -0.25) is 4.79 Å². The zero-order valence-corrected chi connectivity index (χ0v) is 12.6. The molecule has 1 aromatic heterocycles. The topological polar surface area (TPSA) is 71.2 Å². The summed E-state index contributed by atoms with van der Waals surface area (Å²) in [5, 5.41) is 18.0. The molecule has 0 saturated carbocycles. The Morgan fingerprint density at radius 2 is 2.14 bits per heavy atom. The number of carbonyl (C=O) groups excluding carboxylic acids is 1. The molecule has 116 valence electrons. The quantitative estimate of drug-likeness (QED) is 0.924. The highest BCUT2D eigenvalue weighted by atomic mass is 16.3. The van der Waals surface area contributed by atoms with Gasteiger partial charge in [0.15, 0.2) is 0 Å². The fourth-order valence-corrected chi connectivity index (χ4v) is 2.63. The average molecular weight is 300 g/mol. The first kappa shape index (κ1) is 14.7. The third-order valence-corrected chi connectivity index (χ3v) is 4.18. The third-order valence-electron chi connectivity index (χ3n) is 4.18. The van der Waals surface area contributed by atoms with E-state index >= 15 is 0 Å². The van der Waals surface area contributed by atoms with Crippen molar-refractivity contribution in [1.29, 1.82) is 0 Å². The van der Waals surface area contributed by atoms with Gasteiger partial charge >= 0.3 is 0 Å². The molecule has 1 aromatic carbocycles. The van der Waals surface area contributed by atoms with E-state index in [0.29, 0.717) is 13.1 Å². The molecule has 0 aliphatic carbocycles. The van der Waals surface area contributed by atoms with Crippen LogP contribution in [-0.2, 0) is 11.3 Å². The molecule has 22 heavy (non-hydrogen) atoms. The van der Waals surface area contributed by atoms with E-state index in [9.17, 15) is 9.90 Å². The number of likely N-dealkylation sites (tertiary alicyclic amines) is 1. The summed E-state index contributed by atoms with van der Waals surface area (Å²) < 4.78 is 1.55. The van der Waals surface area contributed by atoms with E-state index in [1.807, 2.05) is 37.3 Å². The molecule has 3 rings (SSSR count). The Balaban J connectivity index is 1.64. The summed E-state index contributed by atoms with van der Waals surface area (Å²) in [4.78, 5) is 14.0. The number of carbonyl (C=O) groups is 1. The second-order valence-electron chi connectivity index (χ2n) is 5.84. The van der Waals surface area contributed by atoms with Crippen LogP contribution in [0, 0.1) is 5.92 Å². The second-order valence-corrected chi connectivity index (χ2v) is 5.84. The van der Waals surface area contributed by atoms with Gasteiger partial charge in [0.1, 0.15) is 12.2 Å². The molecule has 2 unspecified atom stereocenters. The molecule has 0 spiro atoms. The predicted octanol–water partition coefficient (Wildman–Crippen LogP) is 1.17. The van der Waals surface area contributed by atoms with Crippen LogP contribution < -0.4 is 0 Å². The number of aliphatic hydroxyl groups is 1.